The first-order chi connectivity index (χ1) is 21.5. The molecule has 0 aliphatic carbocycles. The Bertz CT molecular complexity index is 1740. The van der Waals surface area contributed by atoms with Crippen molar-refractivity contribution in [3.63, 3.8) is 0 Å². The van der Waals surface area contributed by atoms with E-state index in [9.17, 15) is 32.3 Å². The highest BCUT2D eigenvalue weighted by Crippen LogP contribution is 2.48. The summed E-state index contributed by atoms with van der Waals surface area (Å²) in [6.45, 7) is 3.19. The molecule has 10 nitrogen and oxygen atoms in total. The Balaban J connectivity index is 1.41. The summed E-state index contributed by atoms with van der Waals surface area (Å²) in [5.41, 5.74) is -2.31. The van der Waals surface area contributed by atoms with Crippen LogP contribution in [-0.2, 0) is 16.2 Å². The van der Waals surface area contributed by atoms with Gasteiger partial charge in [0.15, 0.2) is 11.4 Å². The highest BCUT2D eigenvalue weighted by molar-refractivity contribution is 5.99. The van der Waals surface area contributed by atoms with Crippen LogP contribution < -0.4 is 15.5 Å². The van der Waals surface area contributed by atoms with Crippen molar-refractivity contribution in [2.45, 2.75) is 63.4 Å². The third-order valence-corrected chi connectivity index (χ3v) is 9.08. The number of rotatable bonds is 6. The lowest BCUT2D eigenvalue weighted by Gasteiger charge is -2.42. The van der Waals surface area contributed by atoms with Crippen LogP contribution in [0.15, 0.2) is 53.5 Å². The molecule has 1 spiro atoms. The molecular formula is C32H31F3N4O6. The molecule has 3 amide bonds. The number of hydrogen-bond acceptors (Lipinski definition) is 6. The molecule has 6 rings (SSSR count). The average molecular weight is 625 g/mol. The molecule has 3 aliphatic rings. The van der Waals surface area contributed by atoms with E-state index in [0.717, 1.165) is 5.56 Å². The lowest BCUT2D eigenvalue weighted by Crippen LogP contribution is -2.52. The van der Waals surface area contributed by atoms with Gasteiger partial charge in [-0.25, -0.2) is 18.2 Å². The molecule has 1 aromatic heterocycles. The van der Waals surface area contributed by atoms with Crippen LogP contribution >= 0.6 is 0 Å². The first-order valence-electron chi connectivity index (χ1n) is 14.6. The van der Waals surface area contributed by atoms with E-state index in [1.54, 1.807) is 4.90 Å². The molecule has 2 fully saturated rings. The monoisotopic (exact) mass is 624 g/mol. The minimum atomic E-state index is -1.20. The standard InChI is InChI=1S/C32H31F3N4O6/c1-17-9-10-32(13-26(40)39(45-32)18(2)19-7-5-4-6-8-19)25-16-37(17)31(43)27-29(44-3)28(41)22(15-38(25)27)30(42)36-14-21-23(34)11-20(33)12-24(21)35/h4-8,11-12,15,17-18,25H,9-10,13-14,16H2,1-3H3,(H,36,42)/t17-,18-,25+,32-/m0/s1. The summed E-state index contributed by atoms with van der Waals surface area (Å²) in [5.74, 6) is -5.64. The first kappa shape index (κ1) is 30.4. The second-order valence-electron chi connectivity index (χ2n) is 11.7. The molecular weight excluding hydrogens is 593 g/mol. The molecule has 2 saturated heterocycles. The number of carbonyl (C=O) groups excluding carboxylic acids is 3. The van der Waals surface area contributed by atoms with Gasteiger partial charge in [0, 0.05) is 43.0 Å². The normalized spacial score (nSPS) is 23.2. The number of methoxy groups -OCH3 is 1. The number of ether oxygens (including phenoxy) is 1. The number of hydrogen-bond donors (Lipinski definition) is 1. The predicted molar refractivity (Wildman–Crippen MR) is 154 cm³/mol. The molecule has 0 unspecified atom stereocenters. The molecule has 0 saturated carbocycles. The summed E-state index contributed by atoms with van der Waals surface area (Å²) >= 11 is 0. The zero-order chi connectivity index (χ0) is 32.2. The van der Waals surface area contributed by atoms with E-state index in [0.29, 0.717) is 25.0 Å². The Morgan fingerprint density at radius 1 is 1.13 bits per heavy atom. The minimum Gasteiger partial charge on any atom is -0.491 e. The maximum Gasteiger partial charge on any atom is 0.274 e. The van der Waals surface area contributed by atoms with Gasteiger partial charge in [-0.2, -0.15) is 0 Å². The van der Waals surface area contributed by atoms with Crippen molar-refractivity contribution in [3.05, 3.63) is 98.7 Å². The van der Waals surface area contributed by atoms with Crippen LogP contribution in [0.5, 0.6) is 5.75 Å². The number of nitrogens with zero attached hydrogens (tertiary/aromatic N) is 3. The molecule has 4 atom stereocenters. The van der Waals surface area contributed by atoms with E-state index in [1.165, 1.54) is 22.9 Å². The van der Waals surface area contributed by atoms with Gasteiger partial charge < -0.3 is 19.5 Å². The Kier molecular flexibility index (Phi) is 7.67. The van der Waals surface area contributed by atoms with Crippen molar-refractivity contribution in [3.8, 4) is 5.75 Å². The third-order valence-electron chi connectivity index (χ3n) is 9.08. The van der Waals surface area contributed by atoms with Crippen molar-refractivity contribution in [2.24, 2.45) is 0 Å². The summed E-state index contributed by atoms with van der Waals surface area (Å²) in [6.07, 6.45) is 2.10. The van der Waals surface area contributed by atoms with Crippen LogP contribution in [0.25, 0.3) is 0 Å². The van der Waals surface area contributed by atoms with Crippen molar-refractivity contribution in [1.82, 2.24) is 19.8 Å². The summed E-state index contributed by atoms with van der Waals surface area (Å²) in [5, 5.41) is 3.66. The van der Waals surface area contributed by atoms with E-state index in [4.69, 9.17) is 9.57 Å². The minimum absolute atomic E-state index is 0.0118. The number of amides is 3. The van der Waals surface area contributed by atoms with Crippen LogP contribution in [0.1, 0.15) is 77.2 Å². The summed E-state index contributed by atoms with van der Waals surface area (Å²) in [6, 6.07) is 8.97. The summed E-state index contributed by atoms with van der Waals surface area (Å²) in [4.78, 5) is 62.4. The first-order valence-corrected chi connectivity index (χ1v) is 14.6. The topological polar surface area (TPSA) is 110 Å². The van der Waals surface area contributed by atoms with Gasteiger partial charge in [0.25, 0.3) is 11.8 Å². The van der Waals surface area contributed by atoms with Crippen molar-refractivity contribution < 1.29 is 37.1 Å². The van der Waals surface area contributed by atoms with Crippen LogP contribution in [0.3, 0.4) is 0 Å². The van der Waals surface area contributed by atoms with Gasteiger partial charge in [-0.15, -0.1) is 0 Å². The number of halogens is 3. The van der Waals surface area contributed by atoms with E-state index in [2.05, 4.69) is 5.32 Å². The average Bonchev–Trinajstić information content (AvgIpc) is 3.29. The Morgan fingerprint density at radius 2 is 1.82 bits per heavy atom. The Morgan fingerprint density at radius 3 is 2.49 bits per heavy atom. The fourth-order valence-electron chi connectivity index (χ4n) is 6.58. The van der Waals surface area contributed by atoms with Gasteiger partial charge in [0.05, 0.1) is 25.6 Å². The highest BCUT2D eigenvalue weighted by atomic mass is 19.1. The lowest BCUT2D eigenvalue weighted by molar-refractivity contribution is -0.228. The van der Waals surface area contributed by atoms with Crippen LogP contribution in [0, 0.1) is 17.5 Å². The van der Waals surface area contributed by atoms with E-state index in [-0.39, 0.29) is 36.4 Å². The van der Waals surface area contributed by atoms with Gasteiger partial charge in [-0.1, -0.05) is 30.3 Å². The Labute approximate surface area is 256 Å². The van der Waals surface area contributed by atoms with Crippen LogP contribution in [0.4, 0.5) is 13.2 Å². The number of fused-ring (bicyclic) bond motifs is 5. The third kappa shape index (κ3) is 5.04. The second kappa shape index (κ2) is 11.4. The van der Waals surface area contributed by atoms with Crippen molar-refractivity contribution >= 4 is 17.7 Å². The lowest BCUT2D eigenvalue weighted by atomic mass is 9.85. The molecule has 4 heterocycles. The largest absolute Gasteiger partial charge is 0.491 e. The van der Waals surface area contributed by atoms with Gasteiger partial charge >= 0.3 is 0 Å². The Hall–Kier alpha value is -4.65. The quantitative estimate of drug-likeness (QED) is 0.444. The van der Waals surface area contributed by atoms with Gasteiger partial charge in [-0.3, -0.25) is 24.0 Å². The predicted octanol–water partition coefficient (Wildman–Crippen LogP) is 4.05. The number of carbonyl (C=O) groups is 3. The fraction of sp³-hybridized carbons (Fsp3) is 0.375. The number of pyridine rings is 1. The molecule has 1 N–H and O–H groups in total. The highest BCUT2D eigenvalue weighted by Gasteiger charge is 2.57. The molecule has 45 heavy (non-hydrogen) atoms. The van der Waals surface area contributed by atoms with Gasteiger partial charge in [0.2, 0.25) is 11.3 Å². The number of aromatic nitrogens is 1. The van der Waals surface area contributed by atoms with Gasteiger partial charge in [-0.05, 0) is 32.3 Å². The molecule has 2 aromatic carbocycles. The molecule has 13 heteroatoms. The van der Waals surface area contributed by atoms with Crippen LogP contribution in [-0.4, -0.2) is 57.5 Å². The maximum atomic E-state index is 14.2. The number of benzene rings is 2. The molecule has 2 bridgehead atoms. The van der Waals surface area contributed by atoms with Gasteiger partial charge in [0.1, 0.15) is 28.6 Å². The second-order valence-corrected chi connectivity index (χ2v) is 11.7. The smallest absolute Gasteiger partial charge is 0.274 e. The maximum absolute atomic E-state index is 14.2. The molecule has 0 radical (unpaired) electrons. The molecule has 3 aromatic rings. The van der Waals surface area contributed by atoms with E-state index < -0.39 is 70.1 Å². The molecule has 3 aliphatic heterocycles. The number of nitrogens with one attached hydrogen (secondary N) is 1. The SMILES string of the molecule is COc1c2n(cc(C(=O)NCc3c(F)cc(F)cc3F)c1=O)[C@@H]1CN(C2=O)[C@@H](C)CC[C@]12CC(=O)N([C@@H](C)c1ccccc1)O2. The number of hydroxylamine groups is 2. The summed E-state index contributed by atoms with van der Waals surface area (Å²) in [7, 11) is 1.20. The fourth-order valence-corrected chi connectivity index (χ4v) is 6.58. The zero-order valence-corrected chi connectivity index (χ0v) is 24.8. The van der Waals surface area contributed by atoms with E-state index in [1.807, 2.05) is 44.2 Å². The van der Waals surface area contributed by atoms with Crippen molar-refractivity contribution in [1.29, 1.82) is 0 Å². The molecule has 236 valence electrons. The zero-order valence-electron chi connectivity index (χ0n) is 24.8. The van der Waals surface area contributed by atoms with Crippen molar-refractivity contribution in [2.75, 3.05) is 13.7 Å². The van der Waals surface area contributed by atoms with Crippen LogP contribution in [0.2, 0.25) is 0 Å². The summed E-state index contributed by atoms with van der Waals surface area (Å²) < 4.78 is 48.7. The van der Waals surface area contributed by atoms with E-state index >= 15 is 0 Å².